The molecule has 2 aromatic heterocycles. The summed E-state index contributed by atoms with van der Waals surface area (Å²) in [4.78, 5) is 8.50. The second kappa shape index (κ2) is 5.51. The van der Waals surface area contributed by atoms with Crippen LogP contribution in [0.5, 0.6) is 0 Å². The van der Waals surface area contributed by atoms with Gasteiger partial charge in [-0.15, -0.1) is 11.8 Å². The number of thioether (sulfide) groups is 1. The van der Waals surface area contributed by atoms with Crippen molar-refractivity contribution in [3.8, 4) is 0 Å². The van der Waals surface area contributed by atoms with E-state index in [1.807, 2.05) is 36.5 Å². The normalized spacial score (nSPS) is 10.2. The monoisotopic (exact) mass is 231 g/mol. The standard InChI is InChI=1S/C12H13N3S/c13-10-4-5-12(15-9-10)16-8-6-11-3-1-2-7-14-11/h1-5,7,9H,6,8,13H2. The molecule has 2 heterocycles. The van der Waals surface area contributed by atoms with Crippen LogP contribution in [-0.2, 0) is 6.42 Å². The predicted molar refractivity (Wildman–Crippen MR) is 67.3 cm³/mol. The number of hydrogen-bond donors (Lipinski definition) is 1. The Bertz CT molecular complexity index is 428. The molecule has 2 aromatic rings. The Morgan fingerprint density at radius 2 is 2.06 bits per heavy atom. The van der Waals surface area contributed by atoms with E-state index < -0.39 is 0 Å². The molecule has 0 spiro atoms. The molecule has 2 rings (SSSR count). The van der Waals surface area contributed by atoms with Crippen molar-refractivity contribution in [2.24, 2.45) is 0 Å². The molecule has 0 amide bonds. The molecule has 0 saturated heterocycles. The van der Waals surface area contributed by atoms with Gasteiger partial charge in [-0.3, -0.25) is 4.98 Å². The first-order valence-corrected chi connectivity index (χ1v) is 6.07. The zero-order valence-corrected chi connectivity index (χ0v) is 9.65. The SMILES string of the molecule is Nc1ccc(SCCc2ccccn2)nc1. The Morgan fingerprint density at radius 1 is 1.12 bits per heavy atom. The van der Waals surface area contributed by atoms with Gasteiger partial charge in [0.05, 0.1) is 16.9 Å². The molecular weight excluding hydrogens is 218 g/mol. The minimum Gasteiger partial charge on any atom is -0.397 e. The Labute approximate surface area is 99.1 Å². The zero-order chi connectivity index (χ0) is 11.2. The minimum absolute atomic E-state index is 0.703. The number of rotatable bonds is 4. The first-order chi connectivity index (χ1) is 7.84. The molecule has 4 heteroatoms. The fourth-order valence-electron chi connectivity index (χ4n) is 1.28. The van der Waals surface area contributed by atoms with Crippen LogP contribution in [0.4, 0.5) is 5.69 Å². The molecule has 0 aromatic carbocycles. The number of anilines is 1. The van der Waals surface area contributed by atoms with E-state index in [0.29, 0.717) is 5.69 Å². The molecule has 82 valence electrons. The average Bonchev–Trinajstić information content (AvgIpc) is 2.33. The van der Waals surface area contributed by atoms with E-state index in [2.05, 4.69) is 9.97 Å². The summed E-state index contributed by atoms with van der Waals surface area (Å²) in [5.41, 5.74) is 7.38. The Balaban J connectivity index is 1.82. The molecule has 16 heavy (non-hydrogen) atoms. The fourth-order valence-corrected chi connectivity index (χ4v) is 2.10. The van der Waals surface area contributed by atoms with E-state index in [0.717, 1.165) is 22.9 Å². The van der Waals surface area contributed by atoms with Gasteiger partial charge in [-0.25, -0.2) is 4.98 Å². The van der Waals surface area contributed by atoms with Gasteiger partial charge in [0.25, 0.3) is 0 Å². The van der Waals surface area contributed by atoms with Gasteiger partial charge in [-0.2, -0.15) is 0 Å². The molecule has 0 bridgehead atoms. The summed E-state index contributed by atoms with van der Waals surface area (Å²) in [6, 6.07) is 9.79. The second-order valence-electron chi connectivity index (χ2n) is 3.35. The van der Waals surface area contributed by atoms with Crippen molar-refractivity contribution in [2.45, 2.75) is 11.4 Å². The van der Waals surface area contributed by atoms with Crippen LogP contribution in [0.1, 0.15) is 5.69 Å². The highest BCUT2D eigenvalue weighted by Gasteiger charge is 1.97. The minimum atomic E-state index is 0.703. The third-order valence-corrected chi connectivity index (χ3v) is 3.04. The highest BCUT2D eigenvalue weighted by Crippen LogP contribution is 2.16. The number of aromatic nitrogens is 2. The third-order valence-electron chi connectivity index (χ3n) is 2.09. The number of hydrogen-bond acceptors (Lipinski definition) is 4. The maximum atomic E-state index is 5.56. The van der Waals surface area contributed by atoms with Crippen LogP contribution >= 0.6 is 11.8 Å². The van der Waals surface area contributed by atoms with Gasteiger partial charge in [0.2, 0.25) is 0 Å². The molecule has 0 saturated carbocycles. The summed E-state index contributed by atoms with van der Waals surface area (Å²) in [7, 11) is 0. The topological polar surface area (TPSA) is 51.8 Å². The Kier molecular flexibility index (Phi) is 3.77. The Morgan fingerprint density at radius 3 is 2.75 bits per heavy atom. The quantitative estimate of drug-likeness (QED) is 0.821. The van der Waals surface area contributed by atoms with E-state index >= 15 is 0 Å². The van der Waals surface area contributed by atoms with Gasteiger partial charge in [0.15, 0.2) is 0 Å². The smallest absolute Gasteiger partial charge is 0.0961 e. The molecular formula is C12H13N3S. The highest BCUT2D eigenvalue weighted by atomic mass is 32.2. The summed E-state index contributed by atoms with van der Waals surface area (Å²) >= 11 is 1.72. The van der Waals surface area contributed by atoms with Crippen LogP contribution in [0.15, 0.2) is 47.8 Å². The van der Waals surface area contributed by atoms with E-state index in [9.17, 15) is 0 Å². The summed E-state index contributed by atoms with van der Waals surface area (Å²) < 4.78 is 0. The van der Waals surface area contributed by atoms with Gasteiger partial charge in [0.1, 0.15) is 0 Å². The number of aryl methyl sites for hydroxylation is 1. The lowest BCUT2D eigenvalue weighted by molar-refractivity contribution is 1.04. The van der Waals surface area contributed by atoms with E-state index in [1.54, 1.807) is 18.0 Å². The maximum absolute atomic E-state index is 5.56. The number of nitrogens with zero attached hydrogens (tertiary/aromatic N) is 2. The molecule has 0 aliphatic carbocycles. The molecule has 0 fully saturated rings. The molecule has 0 radical (unpaired) electrons. The van der Waals surface area contributed by atoms with Gasteiger partial charge in [0, 0.05) is 17.6 Å². The van der Waals surface area contributed by atoms with Gasteiger partial charge in [-0.05, 0) is 30.7 Å². The molecule has 0 aliphatic heterocycles. The highest BCUT2D eigenvalue weighted by molar-refractivity contribution is 7.99. The first-order valence-electron chi connectivity index (χ1n) is 5.09. The molecule has 2 N–H and O–H groups in total. The van der Waals surface area contributed by atoms with E-state index in [1.165, 1.54) is 0 Å². The van der Waals surface area contributed by atoms with E-state index in [4.69, 9.17) is 5.73 Å². The van der Waals surface area contributed by atoms with Crippen molar-refractivity contribution in [3.63, 3.8) is 0 Å². The van der Waals surface area contributed by atoms with Gasteiger partial charge < -0.3 is 5.73 Å². The van der Waals surface area contributed by atoms with Crippen LogP contribution in [0.25, 0.3) is 0 Å². The third kappa shape index (κ3) is 3.24. The lowest BCUT2D eigenvalue weighted by Crippen LogP contribution is -1.92. The largest absolute Gasteiger partial charge is 0.397 e. The van der Waals surface area contributed by atoms with Crippen LogP contribution < -0.4 is 5.73 Å². The van der Waals surface area contributed by atoms with Crippen LogP contribution in [0.3, 0.4) is 0 Å². The van der Waals surface area contributed by atoms with Gasteiger partial charge >= 0.3 is 0 Å². The molecule has 0 unspecified atom stereocenters. The molecule has 0 atom stereocenters. The number of pyridine rings is 2. The van der Waals surface area contributed by atoms with Crippen molar-refractivity contribution in [2.75, 3.05) is 11.5 Å². The van der Waals surface area contributed by atoms with Crippen LogP contribution in [0.2, 0.25) is 0 Å². The molecule has 0 aliphatic rings. The fraction of sp³-hybridized carbons (Fsp3) is 0.167. The van der Waals surface area contributed by atoms with Crippen LogP contribution in [-0.4, -0.2) is 15.7 Å². The van der Waals surface area contributed by atoms with Gasteiger partial charge in [-0.1, -0.05) is 6.07 Å². The average molecular weight is 231 g/mol. The summed E-state index contributed by atoms with van der Waals surface area (Å²) in [6.45, 7) is 0. The zero-order valence-electron chi connectivity index (χ0n) is 8.84. The summed E-state index contributed by atoms with van der Waals surface area (Å²) in [5, 5.41) is 1.00. The lowest BCUT2D eigenvalue weighted by atomic mass is 10.3. The summed E-state index contributed by atoms with van der Waals surface area (Å²) in [6.07, 6.45) is 4.46. The number of nitrogens with two attached hydrogens (primary N) is 1. The predicted octanol–water partition coefficient (Wildman–Crippen LogP) is 2.39. The maximum Gasteiger partial charge on any atom is 0.0961 e. The van der Waals surface area contributed by atoms with E-state index in [-0.39, 0.29) is 0 Å². The summed E-state index contributed by atoms with van der Waals surface area (Å²) in [5.74, 6) is 0.980. The number of nitrogen functional groups attached to an aromatic ring is 1. The van der Waals surface area contributed by atoms with Crippen molar-refractivity contribution in [1.82, 2.24) is 9.97 Å². The van der Waals surface area contributed by atoms with Crippen molar-refractivity contribution < 1.29 is 0 Å². The van der Waals surface area contributed by atoms with Crippen LogP contribution in [0, 0.1) is 0 Å². The Hall–Kier alpha value is -1.55. The first kappa shape index (κ1) is 11.0. The van der Waals surface area contributed by atoms with Crippen molar-refractivity contribution in [1.29, 1.82) is 0 Å². The second-order valence-corrected chi connectivity index (χ2v) is 4.46. The van der Waals surface area contributed by atoms with Crippen molar-refractivity contribution in [3.05, 3.63) is 48.4 Å². The van der Waals surface area contributed by atoms with Crippen molar-refractivity contribution >= 4 is 17.4 Å². The lowest BCUT2D eigenvalue weighted by Gasteiger charge is -2.01. The molecule has 3 nitrogen and oxygen atoms in total.